The Morgan fingerprint density at radius 2 is 1.82 bits per heavy atom. The van der Waals surface area contributed by atoms with Gasteiger partial charge in [0.15, 0.2) is 0 Å². The molecule has 4 N–H and O–H groups in total. The molecule has 0 saturated carbocycles. The van der Waals surface area contributed by atoms with E-state index in [9.17, 15) is 20.1 Å². The van der Waals surface area contributed by atoms with E-state index in [0.717, 1.165) is 6.42 Å². The minimum atomic E-state index is -0.807. The van der Waals surface area contributed by atoms with Crippen molar-refractivity contribution in [2.24, 2.45) is 0 Å². The second-order valence-corrected chi connectivity index (χ2v) is 6.92. The Morgan fingerprint density at radius 1 is 1.11 bits per heavy atom. The van der Waals surface area contributed by atoms with Crippen LogP contribution in [0.5, 0.6) is 0 Å². The summed E-state index contributed by atoms with van der Waals surface area (Å²) in [6.45, 7) is 2.03. The van der Waals surface area contributed by atoms with Gasteiger partial charge >= 0.3 is 5.97 Å². The molecular formula is C22H34O6. The van der Waals surface area contributed by atoms with Crippen molar-refractivity contribution in [3.05, 3.63) is 48.6 Å². The predicted octanol–water partition coefficient (Wildman–Crippen LogP) is 2.90. The second-order valence-electron chi connectivity index (χ2n) is 6.92. The van der Waals surface area contributed by atoms with Crippen LogP contribution in [0.1, 0.15) is 51.9 Å². The topological polar surface area (TPSA) is 107 Å². The fourth-order valence-electron chi connectivity index (χ4n) is 2.84. The van der Waals surface area contributed by atoms with Crippen molar-refractivity contribution >= 4 is 5.97 Å². The van der Waals surface area contributed by atoms with E-state index >= 15 is 0 Å². The van der Waals surface area contributed by atoms with Crippen LogP contribution in [0.4, 0.5) is 0 Å². The van der Waals surface area contributed by atoms with Crippen molar-refractivity contribution in [1.82, 2.24) is 0 Å². The Hall–Kier alpha value is -1.73. The van der Waals surface area contributed by atoms with Crippen LogP contribution in [0.2, 0.25) is 0 Å². The van der Waals surface area contributed by atoms with Crippen molar-refractivity contribution in [1.29, 1.82) is 0 Å². The van der Waals surface area contributed by atoms with Crippen molar-refractivity contribution in [3.8, 4) is 0 Å². The number of aliphatic hydroxyl groups excluding tert-OH is 3. The van der Waals surface area contributed by atoms with Crippen LogP contribution in [0.25, 0.3) is 0 Å². The maximum absolute atomic E-state index is 10.4. The fraction of sp³-hybridized carbons (Fsp3) is 0.591. The Bertz CT molecular complexity index is 551. The van der Waals surface area contributed by atoms with Gasteiger partial charge < -0.3 is 25.2 Å². The lowest BCUT2D eigenvalue weighted by atomic mass is 10.0. The predicted molar refractivity (Wildman–Crippen MR) is 109 cm³/mol. The van der Waals surface area contributed by atoms with Crippen molar-refractivity contribution < 1.29 is 30.0 Å². The molecule has 28 heavy (non-hydrogen) atoms. The minimum absolute atomic E-state index is 0.127. The van der Waals surface area contributed by atoms with E-state index < -0.39 is 36.5 Å². The van der Waals surface area contributed by atoms with Crippen LogP contribution in [0.15, 0.2) is 48.6 Å². The van der Waals surface area contributed by atoms with Crippen LogP contribution in [-0.2, 0) is 9.53 Å². The molecule has 1 aliphatic heterocycles. The van der Waals surface area contributed by atoms with Crippen molar-refractivity contribution in [2.45, 2.75) is 82.4 Å². The minimum Gasteiger partial charge on any atom is -0.481 e. The van der Waals surface area contributed by atoms with Crippen LogP contribution >= 0.6 is 0 Å². The van der Waals surface area contributed by atoms with E-state index in [-0.39, 0.29) is 6.42 Å². The molecule has 0 aliphatic carbocycles. The first-order chi connectivity index (χ1) is 13.4. The summed E-state index contributed by atoms with van der Waals surface area (Å²) in [4.78, 5) is 10.4. The summed E-state index contributed by atoms with van der Waals surface area (Å²) in [5, 5.41) is 38.8. The highest BCUT2D eigenvalue weighted by molar-refractivity contribution is 5.66. The number of hydrogen-bond acceptors (Lipinski definition) is 5. The molecule has 1 aliphatic rings. The molecule has 158 valence electrons. The number of ether oxygens (including phenoxy) is 1. The first-order valence-electron chi connectivity index (χ1n) is 9.98. The van der Waals surface area contributed by atoms with Crippen LogP contribution in [0.3, 0.4) is 0 Å². The molecule has 5 atom stereocenters. The average Bonchev–Trinajstić information content (AvgIpc) is 3.03. The number of aliphatic carboxylic acids is 1. The monoisotopic (exact) mass is 394 g/mol. The first-order valence-corrected chi connectivity index (χ1v) is 9.98. The smallest absolute Gasteiger partial charge is 0.303 e. The van der Waals surface area contributed by atoms with Crippen molar-refractivity contribution in [3.63, 3.8) is 0 Å². The average molecular weight is 395 g/mol. The van der Waals surface area contributed by atoms with Gasteiger partial charge in [0, 0.05) is 12.8 Å². The zero-order valence-electron chi connectivity index (χ0n) is 16.6. The molecule has 0 aromatic carbocycles. The number of carbonyl (C=O) groups is 1. The molecule has 1 fully saturated rings. The Kier molecular flexibility index (Phi) is 12.4. The molecule has 6 nitrogen and oxygen atoms in total. The summed E-state index contributed by atoms with van der Waals surface area (Å²) in [6.07, 6.45) is 15.2. The molecule has 0 radical (unpaired) electrons. The summed E-state index contributed by atoms with van der Waals surface area (Å²) in [5.74, 6) is -0.807. The highest BCUT2D eigenvalue weighted by Gasteiger charge is 2.35. The van der Waals surface area contributed by atoms with E-state index in [1.165, 1.54) is 0 Å². The number of rotatable bonds is 13. The summed E-state index contributed by atoms with van der Waals surface area (Å²) < 4.78 is 5.72. The molecule has 0 aromatic rings. The zero-order valence-corrected chi connectivity index (χ0v) is 16.6. The lowest BCUT2D eigenvalue weighted by Crippen LogP contribution is -2.25. The summed E-state index contributed by atoms with van der Waals surface area (Å²) in [6, 6.07) is 0. The highest BCUT2D eigenvalue weighted by Crippen LogP contribution is 2.25. The number of aliphatic hydroxyl groups is 3. The van der Waals surface area contributed by atoms with Crippen molar-refractivity contribution in [2.75, 3.05) is 0 Å². The van der Waals surface area contributed by atoms with Crippen LogP contribution in [0, 0.1) is 0 Å². The number of carboxylic acid groups (broad SMARTS) is 1. The van der Waals surface area contributed by atoms with Gasteiger partial charge in [-0.2, -0.15) is 0 Å². The molecule has 1 saturated heterocycles. The molecule has 0 bridgehead atoms. The Morgan fingerprint density at radius 3 is 2.54 bits per heavy atom. The van der Waals surface area contributed by atoms with E-state index in [1.807, 2.05) is 43.4 Å². The van der Waals surface area contributed by atoms with E-state index in [4.69, 9.17) is 9.84 Å². The summed E-state index contributed by atoms with van der Waals surface area (Å²) in [7, 11) is 0. The molecule has 0 unspecified atom stereocenters. The van der Waals surface area contributed by atoms with Gasteiger partial charge in [-0.3, -0.25) is 4.79 Å². The maximum atomic E-state index is 10.4. The third-order valence-corrected chi connectivity index (χ3v) is 4.42. The summed E-state index contributed by atoms with van der Waals surface area (Å²) >= 11 is 0. The SMILES string of the molecule is CC/C=C\C[C@@H](O)/C=C/[C@@H]1O[C@@H]([C@@H](O)C/C=C\C/C=C\CCC(=O)O)C[C@H]1O. The molecule has 6 heteroatoms. The molecule has 1 heterocycles. The van der Waals surface area contributed by atoms with E-state index in [1.54, 1.807) is 12.2 Å². The van der Waals surface area contributed by atoms with Gasteiger partial charge in [-0.15, -0.1) is 0 Å². The highest BCUT2D eigenvalue weighted by atomic mass is 16.5. The maximum Gasteiger partial charge on any atom is 0.303 e. The van der Waals surface area contributed by atoms with Crippen LogP contribution in [-0.4, -0.2) is 56.9 Å². The number of hydrogen-bond donors (Lipinski definition) is 4. The zero-order chi connectivity index (χ0) is 20.8. The third kappa shape index (κ3) is 10.6. The number of allylic oxidation sites excluding steroid dienone is 4. The fourth-order valence-corrected chi connectivity index (χ4v) is 2.84. The molecule has 0 spiro atoms. The lowest BCUT2D eigenvalue weighted by molar-refractivity contribution is -0.136. The van der Waals surface area contributed by atoms with E-state index in [0.29, 0.717) is 32.1 Å². The lowest BCUT2D eigenvalue weighted by Gasteiger charge is -2.16. The molecule has 1 rings (SSSR count). The quantitative estimate of drug-likeness (QED) is 0.358. The van der Waals surface area contributed by atoms with Gasteiger partial charge in [0.2, 0.25) is 0 Å². The van der Waals surface area contributed by atoms with Gasteiger partial charge in [-0.1, -0.05) is 55.5 Å². The normalized spacial score (nSPS) is 25.5. The Balaban J connectivity index is 2.31. The van der Waals surface area contributed by atoms with Gasteiger partial charge in [-0.25, -0.2) is 0 Å². The summed E-state index contributed by atoms with van der Waals surface area (Å²) in [5.41, 5.74) is 0. The van der Waals surface area contributed by atoms with Gasteiger partial charge in [0.25, 0.3) is 0 Å². The molecule has 0 amide bonds. The largest absolute Gasteiger partial charge is 0.481 e. The van der Waals surface area contributed by atoms with E-state index in [2.05, 4.69) is 0 Å². The van der Waals surface area contributed by atoms with Gasteiger partial charge in [-0.05, 0) is 32.1 Å². The van der Waals surface area contributed by atoms with Gasteiger partial charge in [0.05, 0.1) is 24.4 Å². The third-order valence-electron chi connectivity index (χ3n) is 4.42. The molecule has 0 aromatic heterocycles. The van der Waals surface area contributed by atoms with Gasteiger partial charge in [0.1, 0.15) is 6.10 Å². The number of carboxylic acids is 1. The standard InChI is InChI=1S/C22H34O6/c1-2-3-8-11-17(23)14-15-20-19(25)16-21(28-20)18(24)12-9-6-4-5-7-10-13-22(26)27/h3,5-9,14-15,17-21,23-25H,2,4,10-13,16H2,1H3,(H,26,27)/b7-5-,8-3-,9-6-,15-14+/t17-,18+,19-,20+,21-/m1/s1. The first kappa shape index (κ1) is 24.3. The second kappa shape index (κ2) is 14.3. The van der Waals surface area contributed by atoms with Crippen LogP contribution < -0.4 is 0 Å². The molecular weight excluding hydrogens is 360 g/mol. The Labute approximate surface area is 167 Å².